The van der Waals surface area contributed by atoms with Crippen molar-refractivity contribution in [1.29, 1.82) is 0 Å². The van der Waals surface area contributed by atoms with Crippen molar-refractivity contribution in [3.8, 4) is 0 Å². The highest BCUT2D eigenvalue weighted by Crippen LogP contribution is 2.21. The number of sulfonamides is 1. The van der Waals surface area contributed by atoms with Crippen LogP contribution in [0.5, 0.6) is 0 Å². The van der Waals surface area contributed by atoms with Crippen molar-refractivity contribution in [1.82, 2.24) is 14.5 Å². The number of morpholine rings is 1. The first kappa shape index (κ1) is 16.9. The largest absolute Gasteiger partial charge is 0.379 e. The molecule has 0 aliphatic carbocycles. The molecule has 1 saturated heterocycles. The van der Waals surface area contributed by atoms with Crippen molar-refractivity contribution in [2.45, 2.75) is 4.90 Å². The van der Waals surface area contributed by atoms with E-state index in [1.54, 1.807) is 0 Å². The van der Waals surface area contributed by atoms with Crippen molar-refractivity contribution in [3.05, 3.63) is 35.1 Å². The monoisotopic (exact) mass is 372 g/mol. The summed E-state index contributed by atoms with van der Waals surface area (Å²) < 4.78 is 45.5. The van der Waals surface area contributed by atoms with Gasteiger partial charge in [-0.25, -0.2) is 12.8 Å². The van der Waals surface area contributed by atoms with Crippen molar-refractivity contribution >= 4 is 32.4 Å². The van der Waals surface area contributed by atoms with Crippen LogP contribution in [0.3, 0.4) is 0 Å². The van der Waals surface area contributed by atoms with E-state index in [2.05, 4.69) is 15.5 Å². The van der Waals surface area contributed by atoms with Crippen LogP contribution in [-0.4, -0.2) is 55.1 Å². The van der Waals surface area contributed by atoms with Crippen LogP contribution in [0.4, 0.5) is 9.52 Å². The zero-order valence-corrected chi connectivity index (χ0v) is 13.9. The molecule has 1 aliphatic rings. The summed E-state index contributed by atoms with van der Waals surface area (Å²) in [4.78, 5) is 12.0. The Morgan fingerprint density at radius 3 is 2.75 bits per heavy atom. The van der Waals surface area contributed by atoms with Gasteiger partial charge in [0, 0.05) is 13.1 Å². The Morgan fingerprint density at radius 2 is 2.08 bits per heavy atom. The number of hydrogen-bond donors (Lipinski definition) is 1. The van der Waals surface area contributed by atoms with Gasteiger partial charge in [0.15, 0.2) is 0 Å². The van der Waals surface area contributed by atoms with Gasteiger partial charge in [-0.15, -0.1) is 10.2 Å². The number of carbonyl (C=O) groups excluding carboxylic acids is 1. The third-order valence-electron chi connectivity index (χ3n) is 3.37. The average molecular weight is 372 g/mol. The number of rotatable bonds is 4. The van der Waals surface area contributed by atoms with Gasteiger partial charge in [0.25, 0.3) is 5.91 Å². The smallest absolute Gasteiger partial charge is 0.260 e. The molecule has 1 N–H and O–H groups in total. The van der Waals surface area contributed by atoms with Gasteiger partial charge < -0.3 is 4.74 Å². The Balaban J connectivity index is 1.89. The van der Waals surface area contributed by atoms with E-state index in [1.807, 2.05) is 0 Å². The predicted octanol–water partition coefficient (Wildman–Crippen LogP) is 0.950. The van der Waals surface area contributed by atoms with E-state index in [4.69, 9.17) is 4.74 Å². The molecule has 128 valence electrons. The second-order valence-corrected chi connectivity index (χ2v) is 7.63. The summed E-state index contributed by atoms with van der Waals surface area (Å²) in [5.74, 6) is -1.61. The number of hydrogen-bond acceptors (Lipinski definition) is 7. The summed E-state index contributed by atoms with van der Waals surface area (Å²) in [6.07, 6.45) is 0. The van der Waals surface area contributed by atoms with E-state index in [9.17, 15) is 17.6 Å². The minimum Gasteiger partial charge on any atom is -0.379 e. The summed E-state index contributed by atoms with van der Waals surface area (Å²) in [6, 6.07) is 3.13. The molecule has 2 heterocycles. The van der Waals surface area contributed by atoms with E-state index in [0.29, 0.717) is 13.2 Å². The van der Waals surface area contributed by atoms with Gasteiger partial charge in [-0.05, 0) is 18.2 Å². The predicted molar refractivity (Wildman–Crippen MR) is 83.8 cm³/mol. The molecule has 1 aliphatic heterocycles. The standard InChI is InChI=1S/C13H13FN4O4S2/c14-11-2-1-9(24(20,21)18-3-5-22-6-4-18)7-10(11)12(19)16-13-17-15-8-23-13/h1-2,7-8H,3-6H2,(H,16,17,19). The molecule has 0 atom stereocenters. The number of halogens is 1. The van der Waals surface area contributed by atoms with Crippen LogP contribution in [0.25, 0.3) is 0 Å². The molecule has 1 aromatic heterocycles. The first-order valence-electron chi connectivity index (χ1n) is 6.93. The lowest BCUT2D eigenvalue weighted by molar-refractivity contribution is 0.0730. The molecule has 0 radical (unpaired) electrons. The SMILES string of the molecule is O=C(Nc1nncs1)c1cc(S(=O)(=O)N2CCOCC2)ccc1F. The summed E-state index contributed by atoms with van der Waals surface area (Å²) in [6.45, 7) is 1.02. The molecule has 1 amide bonds. The van der Waals surface area contributed by atoms with Gasteiger partial charge in [0.2, 0.25) is 15.2 Å². The van der Waals surface area contributed by atoms with E-state index >= 15 is 0 Å². The Kier molecular flexibility index (Phi) is 4.85. The minimum atomic E-state index is -3.82. The van der Waals surface area contributed by atoms with Crippen molar-refractivity contribution in [2.75, 3.05) is 31.6 Å². The maximum atomic E-state index is 14.0. The first-order chi connectivity index (χ1) is 11.5. The molecular weight excluding hydrogens is 359 g/mol. The molecular formula is C13H13FN4O4S2. The molecule has 1 fully saturated rings. The number of ether oxygens (including phenoxy) is 1. The molecule has 0 bridgehead atoms. The molecule has 1 aromatic carbocycles. The van der Waals surface area contributed by atoms with Crippen LogP contribution in [0, 0.1) is 5.82 Å². The lowest BCUT2D eigenvalue weighted by atomic mass is 10.2. The number of benzene rings is 1. The van der Waals surface area contributed by atoms with E-state index in [-0.39, 0.29) is 28.7 Å². The highest BCUT2D eigenvalue weighted by molar-refractivity contribution is 7.89. The highest BCUT2D eigenvalue weighted by atomic mass is 32.2. The van der Waals surface area contributed by atoms with Crippen LogP contribution >= 0.6 is 11.3 Å². The number of nitrogens with one attached hydrogen (secondary N) is 1. The topological polar surface area (TPSA) is 101 Å². The molecule has 0 unspecified atom stereocenters. The lowest BCUT2D eigenvalue weighted by Crippen LogP contribution is -2.40. The number of aromatic nitrogens is 2. The molecule has 0 spiro atoms. The fraction of sp³-hybridized carbons (Fsp3) is 0.308. The summed E-state index contributed by atoms with van der Waals surface area (Å²) in [5.41, 5.74) is 1.03. The molecule has 2 aromatic rings. The summed E-state index contributed by atoms with van der Waals surface area (Å²) in [7, 11) is -3.82. The maximum Gasteiger partial charge on any atom is 0.260 e. The van der Waals surface area contributed by atoms with Gasteiger partial charge >= 0.3 is 0 Å². The summed E-state index contributed by atoms with van der Waals surface area (Å²) >= 11 is 1.07. The van der Waals surface area contributed by atoms with Gasteiger partial charge in [0.05, 0.1) is 23.7 Å². The van der Waals surface area contributed by atoms with Gasteiger partial charge in [-0.2, -0.15) is 4.31 Å². The zero-order chi connectivity index (χ0) is 17.2. The highest BCUT2D eigenvalue weighted by Gasteiger charge is 2.28. The molecule has 0 saturated carbocycles. The number of amides is 1. The average Bonchev–Trinajstić information content (AvgIpc) is 3.08. The second-order valence-electron chi connectivity index (χ2n) is 4.86. The molecule has 8 nitrogen and oxygen atoms in total. The molecule has 24 heavy (non-hydrogen) atoms. The van der Waals surface area contributed by atoms with Crippen LogP contribution in [0.2, 0.25) is 0 Å². The zero-order valence-electron chi connectivity index (χ0n) is 12.3. The van der Waals surface area contributed by atoms with Crippen molar-refractivity contribution in [3.63, 3.8) is 0 Å². The van der Waals surface area contributed by atoms with E-state index < -0.39 is 21.7 Å². The first-order valence-corrected chi connectivity index (χ1v) is 9.25. The third-order valence-corrected chi connectivity index (χ3v) is 5.87. The van der Waals surface area contributed by atoms with Crippen molar-refractivity contribution < 1.29 is 22.3 Å². The second kappa shape index (κ2) is 6.89. The quantitative estimate of drug-likeness (QED) is 0.857. The number of anilines is 1. The van der Waals surface area contributed by atoms with Crippen LogP contribution in [0.15, 0.2) is 28.6 Å². The van der Waals surface area contributed by atoms with Crippen LogP contribution < -0.4 is 5.32 Å². The molecule has 11 heteroatoms. The van der Waals surface area contributed by atoms with Crippen LogP contribution in [0.1, 0.15) is 10.4 Å². The summed E-state index contributed by atoms with van der Waals surface area (Å²) in [5, 5.41) is 9.75. The van der Waals surface area contributed by atoms with Gasteiger partial charge in [-0.3, -0.25) is 10.1 Å². The Morgan fingerprint density at radius 1 is 1.33 bits per heavy atom. The van der Waals surface area contributed by atoms with Gasteiger partial charge in [0.1, 0.15) is 11.3 Å². The van der Waals surface area contributed by atoms with E-state index in [0.717, 1.165) is 29.5 Å². The Hall–Kier alpha value is -1.95. The molecule has 3 rings (SSSR count). The fourth-order valence-electron chi connectivity index (χ4n) is 2.17. The Bertz CT molecular complexity index is 836. The lowest BCUT2D eigenvalue weighted by Gasteiger charge is -2.26. The van der Waals surface area contributed by atoms with E-state index in [1.165, 1.54) is 9.82 Å². The van der Waals surface area contributed by atoms with Crippen molar-refractivity contribution in [2.24, 2.45) is 0 Å². The van der Waals surface area contributed by atoms with Gasteiger partial charge in [-0.1, -0.05) is 11.3 Å². The fourth-order valence-corrected chi connectivity index (χ4v) is 4.04. The van der Waals surface area contributed by atoms with Crippen LogP contribution in [-0.2, 0) is 14.8 Å². The maximum absolute atomic E-state index is 14.0. The minimum absolute atomic E-state index is 0.145. The number of carbonyl (C=O) groups is 1. The normalized spacial score (nSPS) is 16.0. The third kappa shape index (κ3) is 3.43. The Labute approximate surface area is 141 Å². The number of nitrogens with zero attached hydrogens (tertiary/aromatic N) is 3.